The summed E-state index contributed by atoms with van der Waals surface area (Å²) in [6.07, 6.45) is 3.48. The molecule has 0 saturated heterocycles. The first-order valence-electron chi connectivity index (χ1n) is 5.35. The lowest BCUT2D eigenvalue weighted by Crippen LogP contribution is -2.71. The van der Waals surface area contributed by atoms with E-state index >= 15 is 0 Å². The predicted molar refractivity (Wildman–Crippen MR) is 59.5 cm³/mol. The van der Waals surface area contributed by atoms with Crippen LogP contribution in [0.25, 0.3) is 0 Å². The molecule has 1 aromatic rings. The number of rotatable bonds is 2. The molecule has 0 saturated carbocycles. The first-order valence-corrected chi connectivity index (χ1v) is 5.35. The van der Waals surface area contributed by atoms with Gasteiger partial charge in [-0.15, -0.1) is 0 Å². The Balaban J connectivity index is 2.15. The molecule has 0 amide bonds. The van der Waals surface area contributed by atoms with Crippen molar-refractivity contribution >= 4 is 11.5 Å². The van der Waals surface area contributed by atoms with Gasteiger partial charge in [0.05, 0.1) is 13.0 Å². The van der Waals surface area contributed by atoms with E-state index in [1.54, 1.807) is 0 Å². The van der Waals surface area contributed by atoms with Crippen molar-refractivity contribution in [2.45, 2.75) is 26.2 Å². The Bertz CT molecular complexity index is 342. The summed E-state index contributed by atoms with van der Waals surface area (Å²) in [6, 6.07) is 8.50. The van der Waals surface area contributed by atoms with Crippen molar-refractivity contribution in [1.29, 1.82) is 0 Å². The van der Waals surface area contributed by atoms with Gasteiger partial charge in [-0.2, -0.15) is 0 Å². The standard InChI is InChI=1S/C12H16N2/c1-2-10-6-3-4-7-11(10)14-12-8-5-9-13-12/h3-4,6-7H,2,5,8-9H2,1H3,(H,13,14)/p+1. The van der Waals surface area contributed by atoms with Crippen LogP contribution in [0.5, 0.6) is 0 Å². The first kappa shape index (κ1) is 9.25. The minimum atomic E-state index is 1.08. The lowest BCUT2D eigenvalue weighted by Gasteiger charge is -2.03. The average molecular weight is 189 g/mol. The third-order valence-corrected chi connectivity index (χ3v) is 2.63. The van der Waals surface area contributed by atoms with E-state index in [0.29, 0.717) is 0 Å². The number of benzene rings is 1. The van der Waals surface area contributed by atoms with Crippen LogP contribution < -0.4 is 10.3 Å². The number of aryl methyl sites for hydroxylation is 1. The van der Waals surface area contributed by atoms with E-state index in [1.807, 2.05) is 0 Å². The van der Waals surface area contributed by atoms with Gasteiger partial charge in [0, 0.05) is 0 Å². The van der Waals surface area contributed by atoms with Gasteiger partial charge in [-0.1, -0.05) is 25.1 Å². The summed E-state index contributed by atoms with van der Waals surface area (Å²) >= 11 is 0. The maximum Gasteiger partial charge on any atom is 0.247 e. The van der Waals surface area contributed by atoms with E-state index in [1.165, 1.54) is 23.5 Å². The Labute approximate surface area is 85.1 Å². The quantitative estimate of drug-likeness (QED) is 0.711. The number of nitrogens with one attached hydrogen (secondary N) is 2. The van der Waals surface area contributed by atoms with Gasteiger partial charge in [0.1, 0.15) is 5.69 Å². The third kappa shape index (κ3) is 1.95. The SMILES string of the molecule is CCc1ccccc1NC1=[NH+]CCC1. The Hall–Kier alpha value is -1.31. The second-order valence-electron chi connectivity index (χ2n) is 3.64. The van der Waals surface area contributed by atoms with Gasteiger partial charge in [0.25, 0.3) is 0 Å². The van der Waals surface area contributed by atoms with Crippen LogP contribution in [0.4, 0.5) is 5.69 Å². The van der Waals surface area contributed by atoms with Crippen LogP contribution in [0.3, 0.4) is 0 Å². The molecule has 0 unspecified atom stereocenters. The third-order valence-electron chi connectivity index (χ3n) is 2.63. The molecule has 0 bridgehead atoms. The van der Waals surface area contributed by atoms with Gasteiger partial charge < -0.3 is 0 Å². The monoisotopic (exact) mass is 189 g/mol. The molecule has 74 valence electrons. The van der Waals surface area contributed by atoms with E-state index in [9.17, 15) is 0 Å². The molecule has 0 radical (unpaired) electrons. The largest absolute Gasteiger partial charge is 0.278 e. The Morgan fingerprint density at radius 1 is 1.36 bits per heavy atom. The second kappa shape index (κ2) is 4.27. The summed E-state index contributed by atoms with van der Waals surface area (Å²) in [6.45, 7) is 3.30. The van der Waals surface area contributed by atoms with E-state index in [4.69, 9.17) is 0 Å². The van der Waals surface area contributed by atoms with Crippen LogP contribution in [0.1, 0.15) is 25.3 Å². The lowest BCUT2D eigenvalue weighted by molar-refractivity contribution is -0.447. The van der Waals surface area contributed by atoms with Gasteiger partial charge in [0.2, 0.25) is 5.84 Å². The maximum atomic E-state index is 3.47. The summed E-state index contributed by atoms with van der Waals surface area (Å²) < 4.78 is 0. The molecule has 2 nitrogen and oxygen atoms in total. The minimum Gasteiger partial charge on any atom is -0.278 e. The smallest absolute Gasteiger partial charge is 0.247 e. The molecule has 1 heterocycles. The lowest BCUT2D eigenvalue weighted by atomic mass is 10.1. The number of hydrogen-bond donors (Lipinski definition) is 2. The fourth-order valence-corrected chi connectivity index (χ4v) is 1.81. The van der Waals surface area contributed by atoms with Crippen LogP contribution in [-0.2, 0) is 6.42 Å². The van der Waals surface area contributed by atoms with Gasteiger partial charge in [-0.05, 0) is 24.5 Å². The Morgan fingerprint density at radius 2 is 2.21 bits per heavy atom. The van der Waals surface area contributed by atoms with Gasteiger partial charge >= 0.3 is 0 Å². The van der Waals surface area contributed by atoms with E-state index < -0.39 is 0 Å². The summed E-state index contributed by atoms with van der Waals surface area (Å²) in [5.74, 6) is 1.27. The molecule has 2 rings (SSSR count). The summed E-state index contributed by atoms with van der Waals surface area (Å²) in [5, 5.41) is 3.47. The molecule has 1 aliphatic rings. The van der Waals surface area contributed by atoms with Crippen LogP contribution in [0.15, 0.2) is 24.3 Å². The van der Waals surface area contributed by atoms with Crippen LogP contribution >= 0.6 is 0 Å². The Kier molecular flexibility index (Phi) is 2.82. The summed E-state index contributed by atoms with van der Waals surface area (Å²) in [5.41, 5.74) is 2.63. The van der Waals surface area contributed by atoms with E-state index in [2.05, 4.69) is 41.5 Å². The van der Waals surface area contributed by atoms with Gasteiger partial charge in [-0.3, -0.25) is 4.99 Å². The predicted octanol–water partition coefficient (Wildman–Crippen LogP) is 0.934. The highest BCUT2D eigenvalue weighted by Crippen LogP contribution is 2.15. The zero-order valence-electron chi connectivity index (χ0n) is 8.64. The first-order chi connectivity index (χ1) is 6.90. The molecule has 0 aliphatic carbocycles. The van der Waals surface area contributed by atoms with Crippen molar-refractivity contribution in [2.75, 3.05) is 11.9 Å². The number of hydrogen-bond acceptors (Lipinski definition) is 1. The van der Waals surface area contributed by atoms with E-state index in [-0.39, 0.29) is 0 Å². The maximum absolute atomic E-state index is 3.47. The van der Waals surface area contributed by atoms with Crippen molar-refractivity contribution in [3.05, 3.63) is 29.8 Å². The van der Waals surface area contributed by atoms with E-state index in [0.717, 1.165) is 19.4 Å². The highest BCUT2D eigenvalue weighted by molar-refractivity contribution is 5.92. The fraction of sp³-hybridized carbons (Fsp3) is 0.417. The second-order valence-corrected chi connectivity index (χ2v) is 3.64. The zero-order chi connectivity index (χ0) is 9.80. The molecule has 0 atom stereocenters. The fourth-order valence-electron chi connectivity index (χ4n) is 1.81. The zero-order valence-corrected chi connectivity index (χ0v) is 8.64. The molecule has 1 aromatic carbocycles. The molecular formula is C12H17N2+. The van der Waals surface area contributed by atoms with Crippen LogP contribution in [-0.4, -0.2) is 12.4 Å². The van der Waals surface area contributed by atoms with Crippen molar-refractivity contribution in [3.63, 3.8) is 0 Å². The number of amidine groups is 1. The number of para-hydroxylation sites is 1. The summed E-state index contributed by atoms with van der Waals surface area (Å²) in [7, 11) is 0. The highest BCUT2D eigenvalue weighted by atomic mass is 15.0. The molecule has 0 spiro atoms. The van der Waals surface area contributed by atoms with Gasteiger partial charge in [0.15, 0.2) is 0 Å². The van der Waals surface area contributed by atoms with Gasteiger partial charge in [-0.25, -0.2) is 5.32 Å². The van der Waals surface area contributed by atoms with Crippen molar-refractivity contribution in [2.24, 2.45) is 0 Å². The molecule has 0 fully saturated rings. The number of anilines is 1. The van der Waals surface area contributed by atoms with Crippen LogP contribution in [0, 0.1) is 0 Å². The average Bonchev–Trinajstić information content (AvgIpc) is 2.71. The molecule has 2 N–H and O–H groups in total. The summed E-state index contributed by atoms with van der Waals surface area (Å²) in [4.78, 5) is 3.36. The van der Waals surface area contributed by atoms with Crippen molar-refractivity contribution in [3.8, 4) is 0 Å². The molecule has 1 aliphatic heterocycles. The molecule has 0 aromatic heterocycles. The normalized spacial score (nSPS) is 15.4. The van der Waals surface area contributed by atoms with Crippen molar-refractivity contribution in [1.82, 2.24) is 0 Å². The minimum absolute atomic E-state index is 1.08. The molecule has 14 heavy (non-hydrogen) atoms. The Morgan fingerprint density at radius 3 is 2.93 bits per heavy atom. The van der Waals surface area contributed by atoms with Crippen molar-refractivity contribution < 1.29 is 4.99 Å². The molecular weight excluding hydrogens is 172 g/mol. The highest BCUT2D eigenvalue weighted by Gasteiger charge is 2.14. The topological polar surface area (TPSA) is 26.0 Å². The molecule has 2 heteroatoms. The van der Waals surface area contributed by atoms with Crippen LogP contribution in [0.2, 0.25) is 0 Å².